The molecule has 1 aromatic carbocycles. The predicted molar refractivity (Wildman–Crippen MR) is 80.6 cm³/mol. The minimum Gasteiger partial charge on any atom is -0.458 e. The molecule has 0 atom stereocenters. The second kappa shape index (κ2) is 6.10. The van der Waals surface area contributed by atoms with Gasteiger partial charge in [-0.05, 0) is 30.3 Å². The maximum Gasteiger partial charge on any atom is 0.340 e. The van der Waals surface area contributed by atoms with Crippen molar-refractivity contribution in [1.82, 2.24) is 4.57 Å². The van der Waals surface area contributed by atoms with Crippen LogP contribution in [0.4, 0.5) is 5.69 Å². The quantitative estimate of drug-likeness (QED) is 0.619. The van der Waals surface area contributed by atoms with Crippen molar-refractivity contribution in [2.75, 3.05) is 25.6 Å². The monoisotopic (exact) mass is 270 g/mol. The summed E-state index contributed by atoms with van der Waals surface area (Å²) in [7, 11) is 3.80. The number of benzene rings is 1. The Morgan fingerprint density at radius 2 is 2.05 bits per heavy atom. The number of hydrogen-bond acceptors (Lipinski definition) is 3. The third kappa shape index (κ3) is 2.91. The predicted octanol–water partition coefficient (Wildman–Crippen LogP) is 2.89. The molecule has 0 radical (unpaired) electrons. The van der Waals surface area contributed by atoms with Crippen LogP contribution >= 0.6 is 0 Å². The number of anilines is 1. The van der Waals surface area contributed by atoms with Gasteiger partial charge in [-0.3, -0.25) is 0 Å². The number of carbonyl (C=O) groups excluding carboxylic acids is 1. The van der Waals surface area contributed by atoms with Gasteiger partial charge in [0.15, 0.2) is 0 Å². The number of carbonyl (C=O) groups is 1. The van der Waals surface area contributed by atoms with Gasteiger partial charge in [0.25, 0.3) is 0 Å². The van der Waals surface area contributed by atoms with E-state index in [1.165, 1.54) is 0 Å². The van der Waals surface area contributed by atoms with Gasteiger partial charge in [-0.2, -0.15) is 0 Å². The fraction of sp³-hybridized carbons (Fsp3) is 0.188. The van der Waals surface area contributed by atoms with Gasteiger partial charge in [-0.15, -0.1) is 0 Å². The molecule has 0 aliphatic carbocycles. The van der Waals surface area contributed by atoms with E-state index in [1.807, 2.05) is 66.3 Å². The Labute approximate surface area is 118 Å². The summed E-state index contributed by atoms with van der Waals surface area (Å²) in [6.07, 6.45) is 5.43. The van der Waals surface area contributed by atoms with Crippen molar-refractivity contribution in [1.29, 1.82) is 0 Å². The van der Waals surface area contributed by atoms with Crippen LogP contribution in [0.5, 0.6) is 0 Å². The SMILES string of the molecule is C=CCOC(=O)c1cc(-n2cccc2)ccc1N(C)C. The van der Waals surface area contributed by atoms with Gasteiger partial charge in [0.2, 0.25) is 0 Å². The molecule has 104 valence electrons. The van der Waals surface area contributed by atoms with Crippen molar-refractivity contribution >= 4 is 11.7 Å². The number of hydrogen-bond donors (Lipinski definition) is 0. The highest BCUT2D eigenvalue weighted by atomic mass is 16.5. The summed E-state index contributed by atoms with van der Waals surface area (Å²) in [6.45, 7) is 3.76. The number of ether oxygens (including phenoxy) is 1. The van der Waals surface area contributed by atoms with E-state index in [2.05, 4.69) is 6.58 Å². The maximum atomic E-state index is 12.1. The lowest BCUT2D eigenvalue weighted by Crippen LogP contribution is -2.16. The van der Waals surface area contributed by atoms with Crippen molar-refractivity contribution in [2.45, 2.75) is 0 Å². The number of aromatic nitrogens is 1. The topological polar surface area (TPSA) is 34.5 Å². The van der Waals surface area contributed by atoms with Crippen LogP contribution in [0, 0.1) is 0 Å². The molecule has 1 heterocycles. The van der Waals surface area contributed by atoms with E-state index in [0.29, 0.717) is 5.56 Å². The van der Waals surface area contributed by atoms with Crippen molar-refractivity contribution < 1.29 is 9.53 Å². The van der Waals surface area contributed by atoms with E-state index < -0.39 is 0 Å². The van der Waals surface area contributed by atoms with Gasteiger partial charge >= 0.3 is 5.97 Å². The standard InChI is InChI=1S/C16H18N2O2/c1-4-11-20-16(19)14-12-13(18-9-5-6-10-18)7-8-15(14)17(2)3/h4-10,12H,1,11H2,2-3H3. The fourth-order valence-corrected chi connectivity index (χ4v) is 1.96. The largest absolute Gasteiger partial charge is 0.458 e. The Morgan fingerprint density at radius 3 is 2.65 bits per heavy atom. The van der Waals surface area contributed by atoms with Crippen LogP contribution in [0.2, 0.25) is 0 Å². The van der Waals surface area contributed by atoms with Crippen molar-refractivity contribution in [3.63, 3.8) is 0 Å². The summed E-state index contributed by atoms with van der Waals surface area (Å²) in [4.78, 5) is 14.0. The summed E-state index contributed by atoms with van der Waals surface area (Å²) in [6, 6.07) is 9.60. The first-order chi connectivity index (χ1) is 9.63. The van der Waals surface area contributed by atoms with Crippen LogP contribution in [-0.2, 0) is 4.74 Å². The Kier molecular flexibility index (Phi) is 4.25. The summed E-state index contributed by atoms with van der Waals surface area (Å²) in [5.41, 5.74) is 2.30. The molecule has 0 N–H and O–H groups in total. The maximum absolute atomic E-state index is 12.1. The van der Waals surface area contributed by atoms with Crippen molar-refractivity contribution in [3.05, 3.63) is 60.9 Å². The molecule has 20 heavy (non-hydrogen) atoms. The third-order valence-electron chi connectivity index (χ3n) is 2.92. The Bertz CT molecular complexity index is 601. The molecule has 0 unspecified atom stereocenters. The second-order valence-electron chi connectivity index (χ2n) is 4.57. The smallest absolute Gasteiger partial charge is 0.340 e. The molecule has 0 aliphatic rings. The van der Waals surface area contributed by atoms with Gasteiger partial charge in [0.05, 0.1) is 11.3 Å². The zero-order valence-electron chi connectivity index (χ0n) is 11.7. The van der Waals surface area contributed by atoms with E-state index in [-0.39, 0.29) is 12.6 Å². The minimum absolute atomic E-state index is 0.208. The van der Waals surface area contributed by atoms with E-state index >= 15 is 0 Å². The van der Waals surface area contributed by atoms with Gasteiger partial charge in [0, 0.05) is 32.2 Å². The van der Waals surface area contributed by atoms with Crippen LogP contribution in [0.25, 0.3) is 5.69 Å². The highest BCUT2D eigenvalue weighted by Gasteiger charge is 2.15. The number of rotatable bonds is 5. The first-order valence-electron chi connectivity index (χ1n) is 6.36. The lowest BCUT2D eigenvalue weighted by atomic mass is 10.1. The van der Waals surface area contributed by atoms with Gasteiger partial charge < -0.3 is 14.2 Å². The Morgan fingerprint density at radius 1 is 1.35 bits per heavy atom. The zero-order valence-corrected chi connectivity index (χ0v) is 11.7. The average Bonchev–Trinajstić information content (AvgIpc) is 2.98. The summed E-state index contributed by atoms with van der Waals surface area (Å²) >= 11 is 0. The van der Waals surface area contributed by atoms with Crippen LogP contribution in [0.1, 0.15) is 10.4 Å². The molecule has 0 amide bonds. The summed E-state index contributed by atoms with van der Waals surface area (Å²) in [5, 5.41) is 0. The van der Waals surface area contributed by atoms with Crippen LogP contribution < -0.4 is 4.90 Å². The van der Waals surface area contributed by atoms with Gasteiger partial charge in [-0.1, -0.05) is 12.7 Å². The normalized spacial score (nSPS) is 10.1. The Balaban J connectivity index is 2.42. The number of nitrogens with zero attached hydrogens (tertiary/aromatic N) is 2. The molecule has 0 fully saturated rings. The first kappa shape index (κ1) is 13.9. The molecular weight excluding hydrogens is 252 g/mol. The summed E-state index contributed by atoms with van der Waals surface area (Å²) in [5.74, 6) is -0.345. The summed E-state index contributed by atoms with van der Waals surface area (Å²) < 4.78 is 7.10. The molecule has 0 saturated carbocycles. The molecule has 0 aliphatic heterocycles. The number of esters is 1. The van der Waals surface area contributed by atoms with Crippen LogP contribution in [0.3, 0.4) is 0 Å². The average molecular weight is 270 g/mol. The molecule has 0 bridgehead atoms. The zero-order chi connectivity index (χ0) is 14.5. The van der Waals surface area contributed by atoms with E-state index in [0.717, 1.165) is 11.4 Å². The van der Waals surface area contributed by atoms with Crippen molar-refractivity contribution in [3.8, 4) is 5.69 Å². The molecule has 1 aromatic heterocycles. The highest BCUT2D eigenvalue weighted by Crippen LogP contribution is 2.23. The van der Waals surface area contributed by atoms with Gasteiger partial charge in [0.1, 0.15) is 6.61 Å². The molecular formula is C16H18N2O2. The van der Waals surface area contributed by atoms with E-state index in [1.54, 1.807) is 6.08 Å². The molecule has 2 aromatic rings. The highest BCUT2D eigenvalue weighted by molar-refractivity contribution is 5.96. The third-order valence-corrected chi connectivity index (χ3v) is 2.92. The second-order valence-corrected chi connectivity index (χ2v) is 4.57. The molecule has 4 heteroatoms. The van der Waals surface area contributed by atoms with Crippen LogP contribution in [0.15, 0.2) is 55.4 Å². The van der Waals surface area contributed by atoms with E-state index in [4.69, 9.17) is 4.74 Å². The lowest BCUT2D eigenvalue weighted by molar-refractivity contribution is 0.0550. The Hall–Kier alpha value is -2.49. The molecule has 0 saturated heterocycles. The van der Waals surface area contributed by atoms with Crippen LogP contribution in [-0.4, -0.2) is 31.2 Å². The minimum atomic E-state index is -0.345. The molecule has 4 nitrogen and oxygen atoms in total. The van der Waals surface area contributed by atoms with Crippen molar-refractivity contribution in [2.24, 2.45) is 0 Å². The lowest BCUT2D eigenvalue weighted by Gasteiger charge is -2.18. The molecule has 2 rings (SSSR count). The van der Waals surface area contributed by atoms with Gasteiger partial charge in [-0.25, -0.2) is 4.79 Å². The molecule has 0 spiro atoms. The fourth-order valence-electron chi connectivity index (χ4n) is 1.96. The van der Waals surface area contributed by atoms with E-state index in [9.17, 15) is 4.79 Å². The first-order valence-corrected chi connectivity index (χ1v) is 6.36.